The second-order valence-corrected chi connectivity index (χ2v) is 8.37. The molecule has 4 radical (unpaired) electrons. The summed E-state index contributed by atoms with van der Waals surface area (Å²) >= 11 is 0. The minimum atomic E-state index is -0.239. The third-order valence-corrected chi connectivity index (χ3v) is 6.59. The van der Waals surface area contributed by atoms with E-state index in [0.29, 0.717) is 0 Å². The molecule has 2 aliphatic carbocycles. The quantitative estimate of drug-likeness (QED) is 0.153. The van der Waals surface area contributed by atoms with E-state index in [0.717, 1.165) is 0 Å². The molecule has 0 amide bonds. The summed E-state index contributed by atoms with van der Waals surface area (Å²) in [6.45, 7) is 6.60. The molecule has 0 bridgehead atoms. The Labute approximate surface area is 292 Å². The molecule has 4 aromatic carbocycles. The van der Waals surface area contributed by atoms with Gasteiger partial charge in [-0.3, -0.25) is 0 Å². The molecule has 0 nitrogen and oxygen atoms in total. The molecule has 0 fully saturated rings. The Bertz CT molecular complexity index is 1230. The Kier molecular flexibility index (Phi) is 10.3. The third kappa shape index (κ3) is 4.14. The van der Waals surface area contributed by atoms with E-state index in [4.69, 9.17) is 0 Å². The minimum absolute atomic E-state index is 0. The van der Waals surface area contributed by atoms with Gasteiger partial charge in [-0.15, -0.1) is 11.1 Å². The second-order valence-electron chi connectivity index (χ2n) is 8.37. The van der Waals surface area contributed by atoms with Gasteiger partial charge in [-0.25, -0.2) is 0 Å². The fourth-order valence-corrected chi connectivity index (χ4v) is 5.46. The van der Waals surface area contributed by atoms with Gasteiger partial charge in [0.25, 0.3) is 0 Å². The normalized spacial score (nSPS) is 12.7. The molecule has 32 heavy (non-hydrogen) atoms. The Morgan fingerprint density at radius 1 is 0.500 bits per heavy atom. The van der Waals surface area contributed by atoms with Crippen molar-refractivity contribution in [2.24, 2.45) is 0 Å². The molecule has 0 heterocycles. The van der Waals surface area contributed by atoms with Crippen molar-refractivity contribution in [3.8, 4) is 22.3 Å². The van der Waals surface area contributed by atoms with Gasteiger partial charge in [-0.2, -0.15) is 24.3 Å². The van der Waals surface area contributed by atoms with E-state index in [1.54, 1.807) is 0 Å². The maximum atomic E-state index is 3.38. The predicted molar refractivity (Wildman–Crippen MR) is 116 cm³/mol. The summed E-state index contributed by atoms with van der Waals surface area (Å²) in [5.74, 6) is 0. The van der Waals surface area contributed by atoms with Crippen LogP contribution in [0.1, 0.15) is 38.9 Å². The first kappa shape index (κ1) is 29.5. The van der Waals surface area contributed by atoms with E-state index in [1.165, 1.54) is 61.2 Å². The Morgan fingerprint density at radius 3 is 1.28 bits per heavy atom. The van der Waals surface area contributed by atoms with Gasteiger partial charge < -0.3 is 0 Å². The molecule has 0 saturated carbocycles. The standard InChI is InChI=1S/C28H21.4Y/c1-17-8-11-21-20-6-4-5-7-24(20)28(25(21)14-17)26-15-18(2)9-12-22(26)23-13-10-19(3)16-27(23)28;;;;/h4,6-16H,1-3H3;;;;/q-1;;;;. The summed E-state index contributed by atoms with van der Waals surface area (Å²) in [5.41, 5.74) is 14.7. The van der Waals surface area contributed by atoms with Gasteiger partial charge in [0.05, 0.1) is 0 Å². The Balaban J connectivity index is 0.000000907. The maximum Gasteiger partial charge on any atom is 0.0281 e. The average molecular weight is 713 g/mol. The van der Waals surface area contributed by atoms with Crippen molar-refractivity contribution < 1.29 is 131 Å². The van der Waals surface area contributed by atoms with E-state index in [2.05, 4.69) is 93.6 Å². The predicted octanol–water partition coefficient (Wildman–Crippen LogP) is 6.75. The molecule has 1 spiro atoms. The van der Waals surface area contributed by atoms with Crippen LogP contribution in [-0.4, -0.2) is 0 Å². The zero-order valence-electron chi connectivity index (χ0n) is 18.7. The van der Waals surface area contributed by atoms with Crippen LogP contribution in [0.4, 0.5) is 0 Å². The molecule has 0 aromatic heterocycles. The third-order valence-electron chi connectivity index (χ3n) is 6.59. The van der Waals surface area contributed by atoms with Crippen LogP contribution in [0, 0.1) is 26.8 Å². The van der Waals surface area contributed by atoms with E-state index in [-0.39, 0.29) is 136 Å². The van der Waals surface area contributed by atoms with Crippen molar-refractivity contribution in [1.29, 1.82) is 0 Å². The molecule has 0 atom stereocenters. The first-order valence-electron chi connectivity index (χ1n) is 9.95. The summed E-state index contributed by atoms with van der Waals surface area (Å²) in [6, 6.07) is 30.7. The summed E-state index contributed by atoms with van der Waals surface area (Å²) in [7, 11) is 0. The molecule has 4 heteroatoms. The maximum absolute atomic E-state index is 3.38. The van der Waals surface area contributed by atoms with Gasteiger partial charge >= 0.3 is 0 Å². The van der Waals surface area contributed by atoms with Crippen molar-refractivity contribution in [1.82, 2.24) is 0 Å². The van der Waals surface area contributed by atoms with Crippen molar-refractivity contribution >= 4 is 0 Å². The number of fused-ring (bicyclic) bond motifs is 10. The first-order chi connectivity index (χ1) is 13.6. The summed E-state index contributed by atoms with van der Waals surface area (Å²) in [6.07, 6.45) is 0. The number of hydrogen-bond donors (Lipinski definition) is 0. The van der Waals surface area contributed by atoms with Gasteiger partial charge in [0.1, 0.15) is 0 Å². The van der Waals surface area contributed by atoms with Crippen molar-refractivity contribution in [3.05, 3.63) is 118 Å². The van der Waals surface area contributed by atoms with E-state index in [1.807, 2.05) is 6.07 Å². The first-order valence-corrected chi connectivity index (χ1v) is 9.95. The van der Waals surface area contributed by atoms with Gasteiger partial charge in [0.2, 0.25) is 0 Å². The van der Waals surface area contributed by atoms with E-state index >= 15 is 0 Å². The minimum Gasteiger partial charge on any atom is -0.183 e. The van der Waals surface area contributed by atoms with Crippen LogP contribution < -0.4 is 0 Å². The van der Waals surface area contributed by atoms with Crippen LogP contribution in [0.5, 0.6) is 0 Å². The molecule has 0 unspecified atom stereocenters. The van der Waals surface area contributed by atoms with Crippen LogP contribution in [0.2, 0.25) is 0 Å². The molecule has 6 rings (SSSR count). The second kappa shape index (κ2) is 11.1. The van der Waals surface area contributed by atoms with Gasteiger partial charge in [0.15, 0.2) is 0 Å². The van der Waals surface area contributed by atoms with Gasteiger partial charge in [0, 0.05) is 136 Å². The molecular formula is C28H21Y4-. The zero-order chi connectivity index (χ0) is 19.0. The van der Waals surface area contributed by atoms with Crippen LogP contribution in [-0.2, 0) is 136 Å². The number of hydrogen-bond acceptors (Lipinski definition) is 0. The SMILES string of the molecule is Cc1ccc2c(c1)C1(c3c[c-]ccc3-2)c2cc(C)ccc2-c2ccc(C)cc21.[Y].[Y].[Y].[Y]. The number of benzene rings is 4. The molecule has 2 aliphatic rings. The fraction of sp³-hybridized carbons (Fsp3) is 0.143. The zero-order valence-corrected chi connectivity index (χ0v) is 30.1. The monoisotopic (exact) mass is 713 g/mol. The van der Waals surface area contributed by atoms with Crippen molar-refractivity contribution in [2.75, 3.05) is 0 Å². The van der Waals surface area contributed by atoms with Gasteiger partial charge in [-0.1, -0.05) is 71.3 Å². The molecule has 4 aromatic rings. The summed E-state index contributed by atoms with van der Waals surface area (Å²) in [4.78, 5) is 0. The van der Waals surface area contributed by atoms with E-state index in [9.17, 15) is 0 Å². The van der Waals surface area contributed by atoms with Crippen LogP contribution in [0.15, 0.2) is 72.8 Å². The molecule has 0 N–H and O–H groups in total. The van der Waals surface area contributed by atoms with E-state index < -0.39 is 0 Å². The topological polar surface area (TPSA) is 0 Å². The van der Waals surface area contributed by atoms with Crippen molar-refractivity contribution in [2.45, 2.75) is 26.2 Å². The molecule has 0 aliphatic heterocycles. The number of rotatable bonds is 0. The van der Waals surface area contributed by atoms with Crippen LogP contribution in [0.25, 0.3) is 22.3 Å². The van der Waals surface area contributed by atoms with Crippen LogP contribution >= 0.6 is 0 Å². The molecule has 0 saturated heterocycles. The van der Waals surface area contributed by atoms with Crippen LogP contribution in [0.3, 0.4) is 0 Å². The molecular weight excluding hydrogens is 692 g/mol. The summed E-state index contributed by atoms with van der Waals surface area (Å²) in [5, 5.41) is 0. The molecule has 146 valence electrons. The van der Waals surface area contributed by atoms with Crippen molar-refractivity contribution in [3.63, 3.8) is 0 Å². The summed E-state index contributed by atoms with van der Waals surface area (Å²) < 4.78 is 0. The Hall–Kier alpha value is 1.30. The number of aryl methyl sites for hydroxylation is 3. The average Bonchev–Trinajstić information content (AvgIpc) is 3.13. The van der Waals surface area contributed by atoms with Gasteiger partial charge in [-0.05, 0) is 54.2 Å². The Morgan fingerprint density at radius 2 is 0.875 bits per heavy atom. The largest absolute Gasteiger partial charge is 0.183 e. The fourth-order valence-electron chi connectivity index (χ4n) is 5.46. The smallest absolute Gasteiger partial charge is 0.0281 e.